The Morgan fingerprint density at radius 1 is 1.43 bits per heavy atom. The molecule has 66 valence electrons. The first-order chi connectivity index (χ1) is 6.25. The maximum absolute atomic E-state index is 10.1. The molecule has 0 spiro atoms. The number of carboxylic acid groups (broad SMARTS) is 1. The second kappa shape index (κ2) is 4.45. The van der Waals surface area contributed by atoms with Gasteiger partial charge in [0.25, 0.3) is 6.16 Å². The van der Waals surface area contributed by atoms with E-state index < -0.39 is 6.16 Å². The van der Waals surface area contributed by atoms with Gasteiger partial charge in [0, 0.05) is 0 Å². The van der Waals surface area contributed by atoms with Crippen LogP contribution in [0, 0.1) is 0 Å². The average molecular weight is 200 g/mol. The number of hydrogen-bond acceptors (Lipinski definition) is 4. The van der Waals surface area contributed by atoms with Crippen molar-refractivity contribution in [1.29, 1.82) is 0 Å². The summed E-state index contributed by atoms with van der Waals surface area (Å²) in [5.74, 6) is 0. The van der Waals surface area contributed by atoms with Crippen molar-refractivity contribution in [2.24, 2.45) is 0 Å². The van der Waals surface area contributed by atoms with E-state index in [0.717, 1.165) is 5.52 Å². The van der Waals surface area contributed by atoms with E-state index in [1.807, 2.05) is 6.07 Å². The van der Waals surface area contributed by atoms with Crippen LogP contribution in [0.2, 0.25) is 0 Å². The fourth-order valence-electron chi connectivity index (χ4n) is 1.06. The molecule has 0 bridgehead atoms. The number of carbonyl (C=O) groups is 1. The molecule has 5 nitrogen and oxygen atoms in total. The molecule has 6 heteroatoms. The predicted octanol–water partition coefficient (Wildman–Crippen LogP) is -2.71. The van der Waals surface area contributed by atoms with Crippen molar-refractivity contribution in [2.75, 3.05) is 0 Å². The van der Waals surface area contributed by atoms with Crippen LogP contribution in [0.25, 0.3) is 11.0 Å². The van der Waals surface area contributed by atoms with Crippen LogP contribution in [0.1, 0.15) is 0 Å². The van der Waals surface area contributed by atoms with Gasteiger partial charge in [0.2, 0.25) is 6.01 Å². The Balaban J connectivity index is 0.000000980. The summed E-state index contributed by atoms with van der Waals surface area (Å²) >= 11 is 0. The standard InChI is InChI=1S/C8H6N2O3.Na/c11-8(12)13-7-9-5-3-1-2-4-6(5)10-7;/h1-4H,(H,9,10)(H,11,12);/q;+1/p-1. The second-order valence-corrected chi connectivity index (χ2v) is 2.41. The van der Waals surface area contributed by atoms with Gasteiger partial charge in [-0.05, 0) is 12.1 Å². The van der Waals surface area contributed by atoms with Crippen LogP contribution in [-0.4, -0.2) is 16.1 Å². The van der Waals surface area contributed by atoms with Crippen LogP contribution in [0.4, 0.5) is 4.79 Å². The van der Waals surface area contributed by atoms with E-state index in [4.69, 9.17) is 0 Å². The molecule has 0 radical (unpaired) electrons. The molecule has 0 aliphatic heterocycles. The number of carbonyl (C=O) groups excluding carboxylic acids is 1. The number of aromatic nitrogens is 2. The first-order valence-electron chi connectivity index (χ1n) is 3.59. The zero-order valence-electron chi connectivity index (χ0n) is 7.48. The topological polar surface area (TPSA) is 78.0 Å². The molecule has 0 saturated heterocycles. The van der Waals surface area contributed by atoms with E-state index in [0.29, 0.717) is 5.52 Å². The minimum atomic E-state index is -1.63. The smallest absolute Gasteiger partial charge is 0.483 e. The number of para-hydroxylation sites is 2. The maximum Gasteiger partial charge on any atom is 1.00 e. The van der Waals surface area contributed by atoms with Gasteiger partial charge in [0.1, 0.15) is 0 Å². The molecule has 1 heterocycles. The molecule has 0 aliphatic rings. The molecule has 1 aromatic carbocycles. The van der Waals surface area contributed by atoms with Crippen LogP contribution < -0.4 is 39.4 Å². The number of imidazole rings is 1. The number of rotatable bonds is 1. The fourth-order valence-corrected chi connectivity index (χ4v) is 1.06. The van der Waals surface area contributed by atoms with Gasteiger partial charge in [-0.2, -0.15) is 0 Å². The van der Waals surface area contributed by atoms with Crippen molar-refractivity contribution in [3.8, 4) is 6.01 Å². The molecule has 2 aromatic rings. The minimum Gasteiger partial charge on any atom is -0.483 e. The van der Waals surface area contributed by atoms with Crippen LogP contribution in [0.3, 0.4) is 0 Å². The van der Waals surface area contributed by atoms with E-state index in [-0.39, 0.29) is 35.6 Å². The Morgan fingerprint density at radius 3 is 2.79 bits per heavy atom. The van der Waals surface area contributed by atoms with Crippen LogP contribution in [0.15, 0.2) is 24.3 Å². The van der Waals surface area contributed by atoms with Crippen molar-refractivity contribution in [2.45, 2.75) is 0 Å². The maximum atomic E-state index is 10.1. The van der Waals surface area contributed by atoms with Crippen LogP contribution >= 0.6 is 0 Å². The monoisotopic (exact) mass is 200 g/mol. The minimum absolute atomic E-state index is 0. The van der Waals surface area contributed by atoms with Gasteiger partial charge in [-0.25, -0.2) is 4.98 Å². The Hall–Kier alpha value is -1.04. The van der Waals surface area contributed by atoms with Crippen molar-refractivity contribution in [3.63, 3.8) is 0 Å². The average Bonchev–Trinajstić information content (AvgIpc) is 2.44. The molecule has 2 rings (SSSR count). The summed E-state index contributed by atoms with van der Waals surface area (Å²) < 4.78 is 4.24. The number of benzene rings is 1. The Morgan fingerprint density at radius 2 is 2.14 bits per heavy atom. The molecule has 0 atom stereocenters. The van der Waals surface area contributed by atoms with E-state index in [9.17, 15) is 9.90 Å². The molecule has 0 amide bonds. The van der Waals surface area contributed by atoms with Gasteiger partial charge in [0.05, 0.1) is 11.0 Å². The number of nitrogens with zero attached hydrogens (tertiary/aromatic N) is 1. The van der Waals surface area contributed by atoms with Crippen molar-refractivity contribution in [3.05, 3.63) is 24.3 Å². The predicted molar refractivity (Wildman–Crippen MR) is 42.1 cm³/mol. The molecule has 1 aromatic heterocycles. The third kappa shape index (κ3) is 2.25. The summed E-state index contributed by atoms with van der Waals surface area (Å²) in [6.45, 7) is 0. The molecule has 0 fully saturated rings. The van der Waals surface area contributed by atoms with Gasteiger partial charge >= 0.3 is 29.6 Å². The Labute approximate surface area is 101 Å². The Kier molecular flexibility index (Phi) is 3.51. The number of H-pyrrole nitrogens is 1. The summed E-state index contributed by atoms with van der Waals surface area (Å²) in [5, 5.41) is 10.1. The molecule has 14 heavy (non-hydrogen) atoms. The zero-order chi connectivity index (χ0) is 9.26. The first-order valence-corrected chi connectivity index (χ1v) is 3.59. The molecule has 0 unspecified atom stereocenters. The molecular weight excluding hydrogens is 195 g/mol. The van der Waals surface area contributed by atoms with Crippen molar-refractivity contribution in [1.82, 2.24) is 9.97 Å². The van der Waals surface area contributed by atoms with E-state index >= 15 is 0 Å². The third-order valence-corrected chi connectivity index (χ3v) is 1.55. The third-order valence-electron chi connectivity index (χ3n) is 1.55. The first kappa shape index (κ1) is 11.0. The number of hydrogen-bond donors (Lipinski definition) is 1. The van der Waals surface area contributed by atoms with Gasteiger partial charge in [-0.1, -0.05) is 12.1 Å². The second-order valence-electron chi connectivity index (χ2n) is 2.41. The normalized spacial score (nSPS) is 9.43. The van der Waals surface area contributed by atoms with E-state index in [1.165, 1.54) is 0 Å². The van der Waals surface area contributed by atoms with Gasteiger partial charge in [-0.15, -0.1) is 0 Å². The number of aromatic amines is 1. The van der Waals surface area contributed by atoms with Gasteiger partial charge in [-0.3, -0.25) is 0 Å². The largest absolute Gasteiger partial charge is 1.00 e. The molecule has 0 aliphatic carbocycles. The fraction of sp³-hybridized carbons (Fsp3) is 0. The van der Waals surface area contributed by atoms with Crippen LogP contribution in [0.5, 0.6) is 6.01 Å². The SMILES string of the molecule is O=C([O-])Oc1nc2ccccc2[nH]1.[Na+]. The quantitative estimate of drug-likeness (QED) is 0.401. The molecule has 0 saturated carbocycles. The summed E-state index contributed by atoms with van der Waals surface area (Å²) in [5.41, 5.74) is 1.37. The number of ether oxygens (including phenoxy) is 1. The Bertz CT molecular complexity index is 422. The molecular formula is C8H5N2NaO3. The van der Waals surface area contributed by atoms with Gasteiger partial charge in [0.15, 0.2) is 0 Å². The zero-order valence-corrected chi connectivity index (χ0v) is 9.48. The van der Waals surface area contributed by atoms with E-state index in [2.05, 4.69) is 14.7 Å². The summed E-state index contributed by atoms with van der Waals surface area (Å²) in [6, 6.07) is 7.05. The van der Waals surface area contributed by atoms with Crippen LogP contribution in [-0.2, 0) is 0 Å². The summed E-state index contributed by atoms with van der Waals surface area (Å²) in [4.78, 5) is 16.6. The number of fused-ring (bicyclic) bond motifs is 1. The van der Waals surface area contributed by atoms with Crippen molar-refractivity contribution >= 4 is 17.2 Å². The van der Waals surface area contributed by atoms with E-state index in [1.54, 1.807) is 18.2 Å². The number of nitrogens with one attached hydrogen (secondary N) is 1. The van der Waals surface area contributed by atoms with Gasteiger partial charge < -0.3 is 19.6 Å². The summed E-state index contributed by atoms with van der Waals surface area (Å²) in [7, 11) is 0. The molecule has 1 N–H and O–H groups in total. The van der Waals surface area contributed by atoms with Crippen molar-refractivity contribution < 1.29 is 44.2 Å². The summed E-state index contributed by atoms with van der Waals surface area (Å²) in [6.07, 6.45) is -1.63.